The summed E-state index contributed by atoms with van der Waals surface area (Å²) in [6.07, 6.45) is -2.62. The van der Waals surface area contributed by atoms with Gasteiger partial charge in [-0.3, -0.25) is 0 Å². The molecule has 1 aromatic heterocycles. The van der Waals surface area contributed by atoms with Gasteiger partial charge in [0.05, 0.1) is 19.8 Å². The summed E-state index contributed by atoms with van der Waals surface area (Å²) in [5, 5.41) is 21.1. The van der Waals surface area contributed by atoms with Crippen LogP contribution in [0.1, 0.15) is 18.6 Å². The normalized spacial score (nSPS) is 13.7. The highest BCUT2D eigenvalue weighted by Crippen LogP contribution is 2.42. The molecular weight excluding hydrogens is 288 g/mol. The van der Waals surface area contributed by atoms with Crippen LogP contribution in [0.25, 0.3) is 11.0 Å². The van der Waals surface area contributed by atoms with Gasteiger partial charge in [-0.05, 0) is 24.6 Å². The number of hydrogen-bond donors (Lipinski definition) is 2. The molecule has 0 aliphatic heterocycles. The molecule has 0 aliphatic rings. The van der Waals surface area contributed by atoms with Crippen molar-refractivity contribution in [1.82, 2.24) is 0 Å². The van der Waals surface area contributed by atoms with Crippen molar-refractivity contribution in [3.05, 3.63) is 46.3 Å². The van der Waals surface area contributed by atoms with Gasteiger partial charge in [0.15, 0.2) is 11.5 Å². The fraction of sp³-hybridized carbons (Fsp3) is 0.312. The molecule has 2 atom stereocenters. The van der Waals surface area contributed by atoms with Crippen LogP contribution in [0.5, 0.6) is 11.5 Å². The molecule has 0 fully saturated rings. The Balaban J connectivity index is 2.84. The smallest absolute Gasteiger partial charge is 0.336 e. The first kappa shape index (κ1) is 16.1. The highest BCUT2D eigenvalue weighted by molar-refractivity contribution is 5.85. The van der Waals surface area contributed by atoms with Gasteiger partial charge in [0.1, 0.15) is 17.8 Å². The second kappa shape index (κ2) is 6.21. The highest BCUT2D eigenvalue weighted by atomic mass is 16.5. The number of ether oxygens (including phenoxy) is 2. The molecule has 2 aromatic rings. The van der Waals surface area contributed by atoms with E-state index in [9.17, 15) is 15.0 Å². The average molecular weight is 306 g/mol. The number of rotatable bonds is 5. The molecule has 0 unspecified atom stereocenters. The maximum atomic E-state index is 11.5. The van der Waals surface area contributed by atoms with E-state index in [0.29, 0.717) is 16.7 Å². The van der Waals surface area contributed by atoms with E-state index in [2.05, 4.69) is 6.58 Å². The van der Waals surface area contributed by atoms with Crippen LogP contribution in [-0.4, -0.2) is 30.5 Å². The molecule has 2 rings (SSSR count). The fourth-order valence-corrected chi connectivity index (χ4v) is 2.25. The summed E-state index contributed by atoms with van der Waals surface area (Å²) in [7, 11) is 2.85. The van der Waals surface area contributed by atoms with Crippen molar-refractivity contribution in [1.29, 1.82) is 0 Å². The minimum Gasteiger partial charge on any atom is -0.493 e. The Kier molecular flexibility index (Phi) is 4.54. The number of aliphatic hydroxyl groups excluding tert-OH is 2. The van der Waals surface area contributed by atoms with Crippen molar-refractivity contribution >= 4 is 11.0 Å². The van der Waals surface area contributed by atoms with E-state index in [1.807, 2.05) is 0 Å². The molecule has 118 valence electrons. The molecule has 0 aliphatic carbocycles. The van der Waals surface area contributed by atoms with E-state index in [0.717, 1.165) is 0 Å². The zero-order valence-electron chi connectivity index (χ0n) is 12.6. The van der Waals surface area contributed by atoms with Crippen molar-refractivity contribution in [3.63, 3.8) is 0 Å². The Labute approximate surface area is 127 Å². The summed E-state index contributed by atoms with van der Waals surface area (Å²) in [5.41, 5.74) is 0.0739. The van der Waals surface area contributed by atoms with E-state index in [1.54, 1.807) is 19.1 Å². The standard InChI is InChI=1S/C16H18O6/c1-8(2)13(18)14(19)12-15-9(5-6-11(17)22-15)7-10(20-3)16(12)21-4/h5-7,13-14,18-19H,1H2,2-4H3/t13-,14+/m1/s1. The molecule has 6 nitrogen and oxygen atoms in total. The summed E-state index contributed by atoms with van der Waals surface area (Å²) in [6.45, 7) is 5.21. The Morgan fingerprint density at radius 1 is 1.27 bits per heavy atom. The Bertz CT molecular complexity index is 761. The third-order valence-corrected chi connectivity index (χ3v) is 3.39. The number of benzene rings is 1. The van der Waals surface area contributed by atoms with E-state index >= 15 is 0 Å². The van der Waals surface area contributed by atoms with Gasteiger partial charge in [0.2, 0.25) is 0 Å². The van der Waals surface area contributed by atoms with Gasteiger partial charge in [-0.15, -0.1) is 0 Å². The van der Waals surface area contributed by atoms with Crippen LogP contribution in [0.3, 0.4) is 0 Å². The zero-order chi connectivity index (χ0) is 16.4. The molecule has 22 heavy (non-hydrogen) atoms. The molecular formula is C16H18O6. The van der Waals surface area contributed by atoms with Crippen LogP contribution < -0.4 is 15.1 Å². The monoisotopic (exact) mass is 306 g/mol. The highest BCUT2D eigenvalue weighted by Gasteiger charge is 2.28. The molecule has 0 spiro atoms. The first-order valence-corrected chi connectivity index (χ1v) is 6.61. The summed E-state index contributed by atoms with van der Waals surface area (Å²) in [4.78, 5) is 11.5. The quantitative estimate of drug-likeness (QED) is 0.646. The lowest BCUT2D eigenvalue weighted by Gasteiger charge is -2.22. The summed E-state index contributed by atoms with van der Waals surface area (Å²) < 4.78 is 15.7. The molecule has 1 aromatic carbocycles. The lowest BCUT2D eigenvalue weighted by atomic mass is 9.96. The fourth-order valence-electron chi connectivity index (χ4n) is 2.25. The van der Waals surface area contributed by atoms with E-state index in [1.165, 1.54) is 20.3 Å². The third kappa shape index (κ3) is 2.70. The van der Waals surface area contributed by atoms with Crippen molar-refractivity contribution in [2.75, 3.05) is 14.2 Å². The minimum absolute atomic E-state index is 0.137. The predicted molar refractivity (Wildman–Crippen MR) is 81.4 cm³/mol. The maximum Gasteiger partial charge on any atom is 0.336 e. The molecule has 0 saturated carbocycles. The number of fused-ring (bicyclic) bond motifs is 1. The molecule has 0 saturated heterocycles. The van der Waals surface area contributed by atoms with Gasteiger partial charge in [0, 0.05) is 11.5 Å². The second-order valence-corrected chi connectivity index (χ2v) is 4.93. The first-order valence-electron chi connectivity index (χ1n) is 6.61. The van der Waals surface area contributed by atoms with Crippen LogP contribution in [-0.2, 0) is 0 Å². The van der Waals surface area contributed by atoms with Crippen LogP contribution in [0.4, 0.5) is 0 Å². The largest absolute Gasteiger partial charge is 0.493 e. The molecule has 6 heteroatoms. The van der Waals surface area contributed by atoms with Crippen LogP contribution in [0.15, 0.2) is 39.6 Å². The summed E-state index contributed by atoms with van der Waals surface area (Å²) >= 11 is 0. The number of methoxy groups -OCH3 is 2. The van der Waals surface area contributed by atoms with E-state index in [-0.39, 0.29) is 16.9 Å². The maximum absolute atomic E-state index is 11.5. The Morgan fingerprint density at radius 3 is 2.50 bits per heavy atom. The van der Waals surface area contributed by atoms with Gasteiger partial charge >= 0.3 is 5.63 Å². The van der Waals surface area contributed by atoms with Crippen LogP contribution in [0.2, 0.25) is 0 Å². The number of aliphatic hydroxyl groups is 2. The van der Waals surface area contributed by atoms with Crippen molar-refractivity contribution in [2.24, 2.45) is 0 Å². The summed E-state index contributed by atoms with van der Waals surface area (Å²) in [6, 6.07) is 4.44. The second-order valence-electron chi connectivity index (χ2n) is 4.93. The van der Waals surface area contributed by atoms with Gasteiger partial charge in [-0.25, -0.2) is 4.79 Å². The lowest BCUT2D eigenvalue weighted by Crippen LogP contribution is -2.20. The van der Waals surface area contributed by atoms with Crippen molar-refractivity contribution in [3.8, 4) is 11.5 Å². The molecule has 0 bridgehead atoms. The van der Waals surface area contributed by atoms with E-state index < -0.39 is 17.8 Å². The average Bonchev–Trinajstić information content (AvgIpc) is 2.51. The third-order valence-electron chi connectivity index (χ3n) is 3.39. The van der Waals surface area contributed by atoms with Crippen LogP contribution in [0, 0.1) is 0 Å². The van der Waals surface area contributed by atoms with Gasteiger partial charge < -0.3 is 24.1 Å². The topological polar surface area (TPSA) is 89.1 Å². The Hall–Kier alpha value is -2.31. The van der Waals surface area contributed by atoms with Gasteiger partial charge in [-0.2, -0.15) is 0 Å². The lowest BCUT2D eigenvalue weighted by molar-refractivity contribution is 0.0400. The SMILES string of the molecule is C=C(C)[C@@H](O)[C@@H](O)c1c(OC)c(OC)cc2ccc(=O)oc12. The molecule has 2 N–H and O–H groups in total. The molecule has 1 heterocycles. The number of hydrogen-bond acceptors (Lipinski definition) is 6. The molecule has 0 radical (unpaired) electrons. The zero-order valence-corrected chi connectivity index (χ0v) is 12.6. The van der Waals surface area contributed by atoms with Crippen LogP contribution >= 0.6 is 0 Å². The predicted octanol–water partition coefficient (Wildman–Crippen LogP) is 1.78. The Morgan fingerprint density at radius 2 is 1.95 bits per heavy atom. The minimum atomic E-state index is -1.38. The summed E-state index contributed by atoms with van der Waals surface area (Å²) in [5.74, 6) is 0.545. The van der Waals surface area contributed by atoms with Gasteiger partial charge in [0.25, 0.3) is 0 Å². The van der Waals surface area contributed by atoms with Crippen molar-refractivity contribution < 1.29 is 24.1 Å². The van der Waals surface area contributed by atoms with Gasteiger partial charge in [-0.1, -0.05) is 6.58 Å². The first-order chi connectivity index (χ1) is 10.4. The van der Waals surface area contributed by atoms with Crippen molar-refractivity contribution in [2.45, 2.75) is 19.1 Å². The molecule has 0 amide bonds. The van der Waals surface area contributed by atoms with E-state index in [4.69, 9.17) is 13.9 Å².